The third-order valence-electron chi connectivity index (χ3n) is 3.61. The molecule has 2 aromatic carbocycles. The predicted molar refractivity (Wildman–Crippen MR) is 100 cm³/mol. The number of carbonyl (C=O) groups excluding carboxylic acids is 1. The summed E-state index contributed by atoms with van der Waals surface area (Å²) in [6.45, 7) is 3.94. The molecule has 3 rings (SSSR count). The van der Waals surface area contributed by atoms with Crippen molar-refractivity contribution in [3.05, 3.63) is 63.6 Å². The highest BCUT2D eigenvalue weighted by atomic mass is 79.9. The summed E-state index contributed by atoms with van der Waals surface area (Å²) in [6, 6.07) is 13.7. The Bertz CT molecular complexity index is 874. The first-order valence-electron chi connectivity index (χ1n) is 7.44. The molecule has 0 bridgehead atoms. The topological polar surface area (TPSA) is 58.6 Å². The molecule has 0 fully saturated rings. The summed E-state index contributed by atoms with van der Waals surface area (Å²) < 4.78 is 1.01. The molecule has 0 aliphatic rings. The zero-order valence-electron chi connectivity index (χ0n) is 13.3. The standard InChI is InChI=1S/C18H16BrN3OS/c1-11-3-4-12(2)15(9-11)16(23)10-24-18-20-17(21-22-18)13-5-7-14(19)8-6-13/h3-9H,10H2,1-2H3,(H,20,21,22). The van der Waals surface area contributed by atoms with E-state index >= 15 is 0 Å². The molecule has 0 spiro atoms. The second-order valence-corrected chi connectivity index (χ2v) is 7.36. The van der Waals surface area contributed by atoms with Gasteiger partial charge in [0.15, 0.2) is 11.6 Å². The van der Waals surface area contributed by atoms with Gasteiger partial charge in [0.25, 0.3) is 0 Å². The van der Waals surface area contributed by atoms with Gasteiger partial charge in [-0.3, -0.25) is 9.89 Å². The van der Waals surface area contributed by atoms with Crippen molar-refractivity contribution < 1.29 is 4.79 Å². The zero-order chi connectivity index (χ0) is 17.1. The van der Waals surface area contributed by atoms with E-state index in [0.717, 1.165) is 26.7 Å². The van der Waals surface area contributed by atoms with Crippen LogP contribution in [0.4, 0.5) is 0 Å². The van der Waals surface area contributed by atoms with Crippen molar-refractivity contribution >= 4 is 33.5 Å². The monoisotopic (exact) mass is 401 g/mol. The highest BCUT2D eigenvalue weighted by Gasteiger charge is 2.12. The van der Waals surface area contributed by atoms with Gasteiger partial charge < -0.3 is 0 Å². The molecule has 122 valence electrons. The molecule has 0 saturated carbocycles. The molecule has 0 unspecified atom stereocenters. The number of hydrogen-bond donors (Lipinski definition) is 1. The van der Waals surface area contributed by atoms with E-state index in [1.54, 1.807) is 0 Å². The van der Waals surface area contributed by atoms with Gasteiger partial charge in [-0.2, -0.15) is 0 Å². The third kappa shape index (κ3) is 3.94. The normalized spacial score (nSPS) is 10.8. The predicted octanol–water partition coefficient (Wildman–Crippen LogP) is 4.83. The van der Waals surface area contributed by atoms with Crippen LogP contribution in [-0.2, 0) is 0 Å². The van der Waals surface area contributed by atoms with Crippen LogP contribution in [0.2, 0.25) is 0 Å². The number of benzene rings is 2. The van der Waals surface area contributed by atoms with Gasteiger partial charge in [0.1, 0.15) is 0 Å². The molecule has 0 aliphatic carbocycles. The van der Waals surface area contributed by atoms with E-state index in [4.69, 9.17) is 0 Å². The van der Waals surface area contributed by atoms with Gasteiger partial charge in [0, 0.05) is 15.6 Å². The van der Waals surface area contributed by atoms with Crippen LogP contribution in [0.5, 0.6) is 0 Å². The van der Waals surface area contributed by atoms with Gasteiger partial charge in [0.05, 0.1) is 5.75 Å². The van der Waals surface area contributed by atoms with Crippen LogP contribution >= 0.6 is 27.7 Å². The van der Waals surface area contributed by atoms with Crippen molar-refractivity contribution in [2.24, 2.45) is 0 Å². The van der Waals surface area contributed by atoms with Gasteiger partial charge in [-0.05, 0) is 37.6 Å². The maximum absolute atomic E-state index is 12.4. The number of hydrogen-bond acceptors (Lipinski definition) is 4. The van der Waals surface area contributed by atoms with Gasteiger partial charge in [-0.25, -0.2) is 4.98 Å². The van der Waals surface area contributed by atoms with E-state index < -0.39 is 0 Å². The molecular formula is C18H16BrN3OS. The van der Waals surface area contributed by atoms with Gasteiger partial charge in [-0.15, -0.1) is 5.10 Å². The van der Waals surface area contributed by atoms with E-state index in [2.05, 4.69) is 31.1 Å². The first-order valence-corrected chi connectivity index (χ1v) is 9.22. The average molecular weight is 402 g/mol. The minimum absolute atomic E-state index is 0.0937. The molecule has 0 aliphatic heterocycles. The number of thioether (sulfide) groups is 1. The van der Waals surface area contributed by atoms with Crippen molar-refractivity contribution in [2.75, 3.05) is 5.75 Å². The molecule has 24 heavy (non-hydrogen) atoms. The number of nitrogens with zero attached hydrogens (tertiary/aromatic N) is 2. The Morgan fingerprint density at radius 2 is 1.92 bits per heavy atom. The summed E-state index contributed by atoms with van der Waals surface area (Å²) in [6.07, 6.45) is 0. The number of nitrogens with one attached hydrogen (secondary N) is 1. The largest absolute Gasteiger partial charge is 0.293 e. The Hall–Kier alpha value is -1.92. The summed E-state index contributed by atoms with van der Waals surface area (Å²) in [5.74, 6) is 1.11. The Balaban J connectivity index is 1.68. The first-order chi connectivity index (χ1) is 11.5. The second-order valence-electron chi connectivity index (χ2n) is 5.50. The van der Waals surface area contributed by atoms with Crippen LogP contribution in [0, 0.1) is 13.8 Å². The van der Waals surface area contributed by atoms with E-state index in [9.17, 15) is 4.79 Å². The second kappa shape index (κ2) is 7.32. The average Bonchev–Trinajstić information content (AvgIpc) is 3.04. The molecule has 3 aromatic rings. The smallest absolute Gasteiger partial charge is 0.209 e. The molecular weight excluding hydrogens is 386 g/mol. The molecule has 0 radical (unpaired) electrons. The molecule has 4 nitrogen and oxygen atoms in total. The summed E-state index contributed by atoms with van der Waals surface area (Å²) in [7, 11) is 0. The number of Topliss-reactive ketones (excluding diaryl/α,β-unsaturated/α-hetero) is 1. The van der Waals surface area contributed by atoms with Crippen LogP contribution in [0.1, 0.15) is 21.5 Å². The lowest BCUT2D eigenvalue weighted by atomic mass is 10.0. The third-order valence-corrected chi connectivity index (χ3v) is 4.98. The summed E-state index contributed by atoms with van der Waals surface area (Å²) in [4.78, 5) is 16.9. The Kier molecular flexibility index (Phi) is 5.16. The van der Waals surface area contributed by atoms with Crippen LogP contribution in [0.3, 0.4) is 0 Å². The fourth-order valence-corrected chi connectivity index (χ4v) is 3.24. The van der Waals surface area contributed by atoms with E-state index in [1.165, 1.54) is 11.8 Å². The number of ketones is 1. The number of aromatic amines is 1. The number of carbonyl (C=O) groups is 1. The van der Waals surface area contributed by atoms with Gasteiger partial charge in [0.2, 0.25) is 5.16 Å². The molecule has 6 heteroatoms. The van der Waals surface area contributed by atoms with Crippen LogP contribution < -0.4 is 0 Å². The highest BCUT2D eigenvalue weighted by Crippen LogP contribution is 2.22. The maximum atomic E-state index is 12.4. The SMILES string of the molecule is Cc1ccc(C)c(C(=O)CSc2n[nH]c(-c3ccc(Br)cc3)n2)c1. The number of rotatable bonds is 5. The molecule has 1 heterocycles. The number of aryl methyl sites for hydroxylation is 2. The van der Waals surface area contributed by atoms with Crippen LogP contribution in [0.25, 0.3) is 11.4 Å². The van der Waals surface area contributed by atoms with Crippen molar-refractivity contribution in [3.63, 3.8) is 0 Å². The molecule has 1 aromatic heterocycles. The van der Waals surface area contributed by atoms with Crippen LogP contribution in [0.15, 0.2) is 52.1 Å². The Labute approximate surface area is 153 Å². The Morgan fingerprint density at radius 1 is 1.17 bits per heavy atom. The number of H-pyrrole nitrogens is 1. The highest BCUT2D eigenvalue weighted by molar-refractivity contribution is 9.10. The van der Waals surface area contributed by atoms with Gasteiger partial charge in [-0.1, -0.05) is 57.5 Å². The van der Waals surface area contributed by atoms with E-state index in [1.807, 2.05) is 56.3 Å². The minimum Gasteiger partial charge on any atom is -0.293 e. The fraction of sp³-hybridized carbons (Fsp3) is 0.167. The molecule has 0 amide bonds. The summed E-state index contributed by atoms with van der Waals surface area (Å²) in [5.41, 5.74) is 3.81. The van der Waals surface area contributed by atoms with Crippen molar-refractivity contribution in [3.8, 4) is 11.4 Å². The zero-order valence-corrected chi connectivity index (χ0v) is 15.7. The van der Waals surface area contributed by atoms with Crippen LogP contribution in [-0.4, -0.2) is 26.7 Å². The van der Waals surface area contributed by atoms with Crippen molar-refractivity contribution in [2.45, 2.75) is 19.0 Å². The lowest BCUT2D eigenvalue weighted by molar-refractivity contribution is 0.102. The van der Waals surface area contributed by atoms with Gasteiger partial charge >= 0.3 is 0 Å². The summed E-state index contributed by atoms with van der Waals surface area (Å²) in [5, 5.41) is 7.68. The first kappa shape index (κ1) is 16.9. The number of aromatic nitrogens is 3. The lowest BCUT2D eigenvalue weighted by Crippen LogP contribution is -2.05. The van der Waals surface area contributed by atoms with Crippen molar-refractivity contribution in [1.29, 1.82) is 0 Å². The van der Waals surface area contributed by atoms with E-state index in [0.29, 0.717) is 16.7 Å². The molecule has 1 N–H and O–H groups in total. The lowest BCUT2D eigenvalue weighted by Gasteiger charge is -2.05. The minimum atomic E-state index is 0.0937. The maximum Gasteiger partial charge on any atom is 0.209 e. The number of halogens is 1. The fourth-order valence-electron chi connectivity index (χ4n) is 2.29. The molecule has 0 saturated heterocycles. The molecule has 0 atom stereocenters. The van der Waals surface area contributed by atoms with Crippen molar-refractivity contribution in [1.82, 2.24) is 15.2 Å². The summed E-state index contributed by atoms with van der Waals surface area (Å²) >= 11 is 4.75. The Morgan fingerprint density at radius 3 is 2.67 bits per heavy atom. The quantitative estimate of drug-likeness (QED) is 0.491. The van der Waals surface area contributed by atoms with E-state index in [-0.39, 0.29) is 5.78 Å².